The zero-order valence-electron chi connectivity index (χ0n) is 14.2. The minimum atomic E-state index is -0.781. The summed E-state index contributed by atoms with van der Waals surface area (Å²) in [5.41, 5.74) is 1.21. The summed E-state index contributed by atoms with van der Waals surface area (Å²) in [5.74, 6) is 0.680. The molecule has 0 spiro atoms. The van der Waals surface area contributed by atoms with Crippen molar-refractivity contribution < 1.29 is 9.90 Å². The molecule has 1 aromatic rings. The van der Waals surface area contributed by atoms with Gasteiger partial charge in [0, 0.05) is 18.1 Å². The van der Waals surface area contributed by atoms with Crippen LogP contribution in [-0.2, 0) is 0 Å². The molecule has 2 aliphatic heterocycles. The number of hydrogen-bond donors (Lipinski definition) is 1. The van der Waals surface area contributed by atoms with E-state index in [0.29, 0.717) is 18.5 Å². The molecule has 2 saturated heterocycles. The first-order chi connectivity index (χ1) is 11.0. The largest absolute Gasteiger partial charge is 0.465 e. The van der Waals surface area contributed by atoms with Crippen LogP contribution in [0.2, 0.25) is 0 Å². The Morgan fingerprint density at radius 1 is 1.09 bits per heavy atom. The van der Waals surface area contributed by atoms with Crippen LogP contribution < -0.4 is 0 Å². The first kappa shape index (κ1) is 16.3. The van der Waals surface area contributed by atoms with E-state index >= 15 is 0 Å². The summed E-state index contributed by atoms with van der Waals surface area (Å²) in [5, 5.41) is 9.34. The Balaban J connectivity index is 1.57. The lowest BCUT2D eigenvalue weighted by Gasteiger charge is -2.48. The zero-order chi connectivity index (χ0) is 16.4. The van der Waals surface area contributed by atoms with Crippen molar-refractivity contribution in [2.24, 2.45) is 0 Å². The minimum absolute atomic E-state index is 0.259. The van der Waals surface area contributed by atoms with Gasteiger partial charge in [-0.25, -0.2) is 4.79 Å². The van der Waals surface area contributed by atoms with Crippen molar-refractivity contribution in [1.82, 2.24) is 9.80 Å². The summed E-state index contributed by atoms with van der Waals surface area (Å²) in [7, 11) is 0. The van der Waals surface area contributed by atoms with Gasteiger partial charge in [-0.05, 0) is 64.1 Å². The zero-order valence-corrected chi connectivity index (χ0v) is 14.2. The van der Waals surface area contributed by atoms with Gasteiger partial charge in [0.1, 0.15) is 0 Å². The maximum atomic E-state index is 11.4. The lowest BCUT2D eigenvalue weighted by atomic mass is 9.84. The van der Waals surface area contributed by atoms with E-state index in [1.165, 1.54) is 18.4 Å². The van der Waals surface area contributed by atoms with Crippen molar-refractivity contribution >= 4 is 6.09 Å². The smallest absolute Gasteiger partial charge is 0.407 e. The van der Waals surface area contributed by atoms with Gasteiger partial charge >= 0.3 is 6.09 Å². The molecule has 3 rings (SSSR count). The molecule has 1 amide bonds. The predicted molar refractivity (Wildman–Crippen MR) is 91.8 cm³/mol. The van der Waals surface area contributed by atoms with Crippen LogP contribution in [0.3, 0.4) is 0 Å². The van der Waals surface area contributed by atoms with Crippen molar-refractivity contribution in [3.63, 3.8) is 0 Å². The first-order valence-electron chi connectivity index (χ1n) is 8.77. The Kier molecular flexibility index (Phi) is 4.62. The summed E-state index contributed by atoms with van der Waals surface area (Å²) >= 11 is 0. The van der Waals surface area contributed by atoms with Gasteiger partial charge in [0.2, 0.25) is 0 Å². The van der Waals surface area contributed by atoms with Gasteiger partial charge in [0.15, 0.2) is 0 Å². The summed E-state index contributed by atoms with van der Waals surface area (Å²) in [6.07, 6.45) is 3.55. The molecule has 0 radical (unpaired) electrons. The molecule has 2 heterocycles. The van der Waals surface area contributed by atoms with E-state index in [1.54, 1.807) is 4.90 Å². The number of carbonyl (C=O) groups is 1. The molecule has 0 saturated carbocycles. The van der Waals surface area contributed by atoms with Crippen molar-refractivity contribution in [2.75, 3.05) is 19.6 Å². The van der Waals surface area contributed by atoms with Gasteiger partial charge in [0.05, 0.1) is 0 Å². The Bertz CT molecular complexity index is 536. The summed E-state index contributed by atoms with van der Waals surface area (Å²) in [4.78, 5) is 15.6. The number of carboxylic acid groups (broad SMARTS) is 1. The van der Waals surface area contributed by atoms with E-state index in [1.807, 2.05) is 0 Å². The van der Waals surface area contributed by atoms with Gasteiger partial charge in [-0.3, -0.25) is 0 Å². The number of likely N-dealkylation sites (tertiary alicyclic amines) is 2. The lowest BCUT2D eigenvalue weighted by Crippen LogP contribution is -2.57. The fourth-order valence-corrected chi connectivity index (χ4v) is 4.36. The van der Waals surface area contributed by atoms with Gasteiger partial charge in [-0.1, -0.05) is 30.3 Å². The van der Waals surface area contributed by atoms with E-state index in [4.69, 9.17) is 0 Å². The molecule has 2 aliphatic rings. The van der Waals surface area contributed by atoms with Crippen LogP contribution in [0.15, 0.2) is 30.3 Å². The number of benzene rings is 1. The maximum absolute atomic E-state index is 11.4. The highest BCUT2D eigenvalue weighted by Gasteiger charge is 2.40. The fourth-order valence-electron chi connectivity index (χ4n) is 4.36. The van der Waals surface area contributed by atoms with Crippen molar-refractivity contribution in [2.45, 2.75) is 57.0 Å². The predicted octanol–water partition coefficient (Wildman–Crippen LogP) is 3.79. The van der Waals surface area contributed by atoms with Crippen LogP contribution in [0.25, 0.3) is 0 Å². The monoisotopic (exact) mass is 316 g/mol. The third-order valence-corrected chi connectivity index (χ3v) is 5.70. The molecule has 1 atom stereocenters. The lowest BCUT2D eigenvalue weighted by molar-refractivity contribution is 0.0164. The fraction of sp³-hybridized carbons (Fsp3) is 0.632. The number of hydrogen-bond acceptors (Lipinski definition) is 2. The van der Waals surface area contributed by atoms with E-state index in [-0.39, 0.29) is 5.54 Å². The maximum Gasteiger partial charge on any atom is 0.407 e. The molecule has 126 valence electrons. The van der Waals surface area contributed by atoms with Crippen molar-refractivity contribution in [1.29, 1.82) is 0 Å². The highest BCUT2D eigenvalue weighted by atomic mass is 16.4. The molecule has 0 aromatic heterocycles. The van der Waals surface area contributed by atoms with Gasteiger partial charge in [-0.15, -0.1) is 0 Å². The van der Waals surface area contributed by atoms with Crippen LogP contribution in [0.5, 0.6) is 0 Å². The van der Waals surface area contributed by atoms with Gasteiger partial charge < -0.3 is 14.9 Å². The third kappa shape index (κ3) is 3.52. The molecule has 1 aromatic carbocycles. The van der Waals surface area contributed by atoms with Crippen LogP contribution in [-0.4, -0.2) is 52.2 Å². The van der Waals surface area contributed by atoms with Crippen LogP contribution in [0.1, 0.15) is 51.0 Å². The molecular weight excluding hydrogens is 288 g/mol. The van der Waals surface area contributed by atoms with Crippen molar-refractivity contribution in [3.05, 3.63) is 35.9 Å². The Morgan fingerprint density at radius 3 is 2.30 bits per heavy atom. The molecule has 4 nitrogen and oxygen atoms in total. The van der Waals surface area contributed by atoms with Gasteiger partial charge in [0.25, 0.3) is 0 Å². The second-order valence-electron chi connectivity index (χ2n) is 7.61. The first-order valence-corrected chi connectivity index (χ1v) is 8.77. The van der Waals surface area contributed by atoms with E-state index < -0.39 is 6.09 Å². The standard InChI is InChI=1S/C19H28N2O2/c1-19(2)14-17(10-13-21(19)18(22)23)20-11-8-16(9-12-20)15-6-4-3-5-7-15/h3-7,16-17H,8-14H2,1-2H3,(H,22,23). The highest BCUT2D eigenvalue weighted by molar-refractivity contribution is 5.66. The Hall–Kier alpha value is -1.55. The van der Waals surface area contributed by atoms with E-state index in [2.05, 4.69) is 49.1 Å². The summed E-state index contributed by atoms with van der Waals surface area (Å²) in [6.45, 7) is 7.04. The van der Waals surface area contributed by atoms with Crippen molar-refractivity contribution in [3.8, 4) is 0 Å². The number of nitrogens with zero attached hydrogens (tertiary/aromatic N) is 2. The number of amides is 1. The van der Waals surface area contributed by atoms with Crippen LogP contribution in [0, 0.1) is 0 Å². The molecule has 1 unspecified atom stereocenters. The highest BCUT2D eigenvalue weighted by Crippen LogP contribution is 2.34. The minimum Gasteiger partial charge on any atom is -0.465 e. The average molecular weight is 316 g/mol. The molecule has 0 bridgehead atoms. The molecular formula is C19H28N2O2. The molecule has 23 heavy (non-hydrogen) atoms. The summed E-state index contributed by atoms with van der Waals surface area (Å²) < 4.78 is 0. The van der Waals surface area contributed by atoms with Crippen LogP contribution >= 0.6 is 0 Å². The number of piperidine rings is 2. The third-order valence-electron chi connectivity index (χ3n) is 5.70. The second-order valence-corrected chi connectivity index (χ2v) is 7.61. The second kappa shape index (κ2) is 6.52. The van der Waals surface area contributed by atoms with Crippen LogP contribution in [0.4, 0.5) is 4.79 Å². The SMILES string of the molecule is CC1(C)CC(N2CCC(c3ccccc3)CC2)CCN1C(=O)O. The van der Waals surface area contributed by atoms with Gasteiger partial charge in [-0.2, -0.15) is 0 Å². The van der Waals surface area contributed by atoms with E-state index in [9.17, 15) is 9.90 Å². The quantitative estimate of drug-likeness (QED) is 0.903. The molecule has 2 fully saturated rings. The Morgan fingerprint density at radius 2 is 1.74 bits per heavy atom. The average Bonchev–Trinajstić information content (AvgIpc) is 2.54. The Labute approximate surface area is 139 Å². The molecule has 1 N–H and O–H groups in total. The topological polar surface area (TPSA) is 43.8 Å². The molecule has 0 aliphatic carbocycles. The van der Waals surface area contributed by atoms with E-state index in [0.717, 1.165) is 25.9 Å². The summed E-state index contributed by atoms with van der Waals surface area (Å²) in [6, 6.07) is 11.4. The number of rotatable bonds is 2. The molecule has 4 heteroatoms. The normalized spacial score (nSPS) is 26.2.